The molecule has 0 radical (unpaired) electrons. The number of rotatable bonds is 9. The largest absolute Gasteiger partial charge is 0.477 e. The van der Waals surface area contributed by atoms with Crippen LogP contribution in [0.15, 0.2) is 12.1 Å². The van der Waals surface area contributed by atoms with Crippen LogP contribution in [0.2, 0.25) is 0 Å². The molecule has 0 bridgehead atoms. The Morgan fingerprint density at radius 3 is 2.56 bits per heavy atom. The van der Waals surface area contributed by atoms with Crippen molar-refractivity contribution in [2.75, 3.05) is 6.61 Å². The van der Waals surface area contributed by atoms with Gasteiger partial charge in [0.25, 0.3) is 5.91 Å². The molecule has 6 heteroatoms. The molecule has 1 heterocycles. The van der Waals surface area contributed by atoms with Gasteiger partial charge in [-0.3, -0.25) is 9.59 Å². The van der Waals surface area contributed by atoms with Crippen LogP contribution in [0.25, 0.3) is 0 Å². The van der Waals surface area contributed by atoms with Crippen molar-refractivity contribution >= 4 is 11.8 Å². The SMILES string of the molecule is CC(C)[C@H](CC(N)=O)NC(=O)c1ccc(C2CC2)c(OCC2CC2)n1. The standard InChI is InChI=1S/C19H27N3O3/c1-11(2)16(9-17(20)23)21-18(24)15-8-7-14(13-5-6-13)19(22-15)25-10-12-3-4-12/h7-8,11-13,16H,3-6,9-10H2,1-2H3,(H2,20,23)(H,21,24)/t16-/m0/s1. The van der Waals surface area contributed by atoms with Crippen LogP contribution in [0.5, 0.6) is 5.88 Å². The fourth-order valence-corrected chi connectivity index (χ4v) is 2.79. The summed E-state index contributed by atoms with van der Waals surface area (Å²) >= 11 is 0. The first-order valence-corrected chi connectivity index (χ1v) is 9.17. The Hall–Kier alpha value is -2.11. The summed E-state index contributed by atoms with van der Waals surface area (Å²) in [4.78, 5) is 28.2. The van der Waals surface area contributed by atoms with Gasteiger partial charge in [0.05, 0.1) is 6.61 Å². The Kier molecular flexibility index (Phi) is 5.25. The highest BCUT2D eigenvalue weighted by Crippen LogP contribution is 2.44. The molecule has 2 fully saturated rings. The van der Waals surface area contributed by atoms with Crippen molar-refractivity contribution in [1.29, 1.82) is 0 Å². The minimum absolute atomic E-state index is 0.104. The van der Waals surface area contributed by atoms with Crippen LogP contribution in [-0.2, 0) is 4.79 Å². The van der Waals surface area contributed by atoms with E-state index in [1.54, 1.807) is 6.07 Å². The molecule has 0 aliphatic heterocycles. The highest BCUT2D eigenvalue weighted by Gasteiger charge is 2.30. The van der Waals surface area contributed by atoms with E-state index in [2.05, 4.69) is 10.3 Å². The van der Waals surface area contributed by atoms with Crippen LogP contribution in [0, 0.1) is 11.8 Å². The van der Waals surface area contributed by atoms with Crippen molar-refractivity contribution in [2.24, 2.45) is 17.6 Å². The van der Waals surface area contributed by atoms with Crippen molar-refractivity contribution in [2.45, 2.75) is 57.9 Å². The van der Waals surface area contributed by atoms with Gasteiger partial charge in [-0.2, -0.15) is 0 Å². The number of aromatic nitrogens is 1. The number of hydrogen-bond acceptors (Lipinski definition) is 4. The molecule has 136 valence electrons. The number of hydrogen-bond donors (Lipinski definition) is 2. The summed E-state index contributed by atoms with van der Waals surface area (Å²) in [5, 5.41) is 2.88. The van der Waals surface area contributed by atoms with Crippen molar-refractivity contribution in [3.8, 4) is 5.88 Å². The molecule has 0 spiro atoms. The first-order valence-electron chi connectivity index (χ1n) is 9.17. The molecule has 2 aliphatic rings. The zero-order valence-electron chi connectivity index (χ0n) is 15.0. The average molecular weight is 345 g/mol. The van der Waals surface area contributed by atoms with Gasteiger partial charge in [0, 0.05) is 18.0 Å². The Morgan fingerprint density at radius 1 is 1.28 bits per heavy atom. The van der Waals surface area contributed by atoms with Crippen molar-refractivity contribution in [3.63, 3.8) is 0 Å². The Labute approximate surface area is 148 Å². The zero-order valence-corrected chi connectivity index (χ0v) is 15.0. The number of amides is 2. The molecule has 2 aliphatic carbocycles. The first-order chi connectivity index (χ1) is 11.9. The molecular weight excluding hydrogens is 318 g/mol. The predicted octanol–water partition coefficient (Wildman–Crippen LogP) is 2.38. The molecule has 2 amide bonds. The Balaban J connectivity index is 1.72. The van der Waals surface area contributed by atoms with E-state index in [0.29, 0.717) is 30.0 Å². The number of carbonyl (C=O) groups excluding carboxylic acids is 2. The fourth-order valence-electron chi connectivity index (χ4n) is 2.79. The number of nitrogens with one attached hydrogen (secondary N) is 1. The molecule has 25 heavy (non-hydrogen) atoms. The van der Waals surface area contributed by atoms with E-state index in [4.69, 9.17) is 10.5 Å². The minimum Gasteiger partial charge on any atom is -0.477 e. The van der Waals surface area contributed by atoms with Gasteiger partial charge in [0.2, 0.25) is 11.8 Å². The van der Waals surface area contributed by atoms with E-state index < -0.39 is 5.91 Å². The third-order valence-corrected chi connectivity index (χ3v) is 4.83. The third-order valence-electron chi connectivity index (χ3n) is 4.83. The topological polar surface area (TPSA) is 94.3 Å². The third kappa shape index (κ3) is 4.94. The average Bonchev–Trinajstić information content (AvgIpc) is 3.45. The van der Waals surface area contributed by atoms with Crippen molar-refractivity contribution in [3.05, 3.63) is 23.4 Å². The van der Waals surface area contributed by atoms with Crippen LogP contribution in [0.4, 0.5) is 0 Å². The summed E-state index contributed by atoms with van der Waals surface area (Å²) < 4.78 is 5.90. The smallest absolute Gasteiger partial charge is 0.270 e. The van der Waals surface area contributed by atoms with Crippen molar-refractivity contribution in [1.82, 2.24) is 10.3 Å². The summed E-state index contributed by atoms with van der Waals surface area (Å²) in [7, 11) is 0. The lowest BCUT2D eigenvalue weighted by molar-refractivity contribution is -0.118. The van der Waals surface area contributed by atoms with Gasteiger partial charge in [-0.05, 0) is 49.5 Å². The van der Waals surface area contributed by atoms with Crippen molar-refractivity contribution < 1.29 is 14.3 Å². The molecule has 0 unspecified atom stereocenters. The summed E-state index contributed by atoms with van der Waals surface area (Å²) in [6.45, 7) is 4.57. The molecule has 6 nitrogen and oxygen atoms in total. The summed E-state index contributed by atoms with van der Waals surface area (Å²) in [6.07, 6.45) is 4.85. The first kappa shape index (κ1) is 17.7. The second-order valence-electron chi connectivity index (χ2n) is 7.61. The summed E-state index contributed by atoms with van der Waals surface area (Å²) in [5.41, 5.74) is 6.71. The second-order valence-corrected chi connectivity index (χ2v) is 7.61. The zero-order chi connectivity index (χ0) is 18.0. The van der Waals surface area contributed by atoms with Crippen LogP contribution in [-0.4, -0.2) is 29.4 Å². The maximum absolute atomic E-state index is 12.6. The number of nitrogens with zero attached hydrogens (tertiary/aromatic N) is 1. The van der Waals surface area contributed by atoms with Gasteiger partial charge in [0.1, 0.15) is 5.69 Å². The fraction of sp³-hybridized carbons (Fsp3) is 0.632. The lowest BCUT2D eigenvalue weighted by Gasteiger charge is -2.21. The minimum atomic E-state index is -0.426. The van der Waals surface area contributed by atoms with Gasteiger partial charge < -0.3 is 15.8 Å². The number of ether oxygens (including phenoxy) is 1. The van der Waals surface area contributed by atoms with E-state index in [9.17, 15) is 9.59 Å². The molecular formula is C19H27N3O3. The lowest BCUT2D eigenvalue weighted by atomic mass is 10.0. The Bertz CT molecular complexity index is 651. The maximum atomic E-state index is 12.6. The van der Waals surface area contributed by atoms with Crippen LogP contribution in [0.1, 0.15) is 67.9 Å². The number of primary amides is 1. The van der Waals surface area contributed by atoms with Gasteiger partial charge in [-0.15, -0.1) is 0 Å². The highest BCUT2D eigenvalue weighted by molar-refractivity contribution is 5.93. The van der Waals surface area contributed by atoms with Crippen LogP contribution < -0.4 is 15.8 Å². The molecule has 1 aromatic rings. The molecule has 1 aromatic heterocycles. The van der Waals surface area contributed by atoms with Crippen LogP contribution in [0.3, 0.4) is 0 Å². The normalized spacial score (nSPS) is 18.0. The highest BCUT2D eigenvalue weighted by atomic mass is 16.5. The van der Waals surface area contributed by atoms with Gasteiger partial charge in [-0.1, -0.05) is 19.9 Å². The molecule has 2 saturated carbocycles. The molecule has 3 rings (SSSR count). The summed E-state index contributed by atoms with van der Waals surface area (Å²) in [5.74, 6) is 1.12. The molecule has 0 aromatic carbocycles. The number of pyridine rings is 1. The number of nitrogens with two attached hydrogens (primary N) is 1. The molecule has 1 atom stereocenters. The van der Waals surface area contributed by atoms with E-state index in [1.807, 2.05) is 19.9 Å². The quantitative estimate of drug-likeness (QED) is 0.718. The van der Waals surface area contributed by atoms with E-state index in [0.717, 1.165) is 18.4 Å². The van der Waals surface area contributed by atoms with Gasteiger partial charge in [-0.25, -0.2) is 4.98 Å². The molecule has 0 saturated heterocycles. The molecule has 3 N–H and O–H groups in total. The van der Waals surface area contributed by atoms with E-state index in [1.165, 1.54) is 12.8 Å². The second kappa shape index (κ2) is 7.42. The maximum Gasteiger partial charge on any atom is 0.270 e. The predicted molar refractivity (Wildman–Crippen MR) is 94.3 cm³/mol. The lowest BCUT2D eigenvalue weighted by Crippen LogP contribution is -2.41. The van der Waals surface area contributed by atoms with Gasteiger partial charge in [0.15, 0.2) is 0 Å². The summed E-state index contributed by atoms with van der Waals surface area (Å²) in [6, 6.07) is 3.40. The van der Waals surface area contributed by atoms with E-state index in [-0.39, 0.29) is 24.3 Å². The van der Waals surface area contributed by atoms with E-state index >= 15 is 0 Å². The monoisotopic (exact) mass is 345 g/mol. The Morgan fingerprint density at radius 2 is 2.00 bits per heavy atom. The van der Waals surface area contributed by atoms with Crippen LogP contribution >= 0.6 is 0 Å². The number of carbonyl (C=O) groups is 2. The van der Waals surface area contributed by atoms with Gasteiger partial charge >= 0.3 is 0 Å².